The van der Waals surface area contributed by atoms with Gasteiger partial charge >= 0.3 is 12.4 Å². The summed E-state index contributed by atoms with van der Waals surface area (Å²) >= 11 is 0. The van der Waals surface area contributed by atoms with Crippen LogP contribution in [0, 0.1) is 0 Å². The molecule has 0 atom stereocenters. The summed E-state index contributed by atoms with van der Waals surface area (Å²) in [6, 6.07) is 8.83. The number of carbonyl (C=O) groups excluding carboxylic acids is 1. The molecule has 0 unspecified atom stereocenters. The summed E-state index contributed by atoms with van der Waals surface area (Å²) in [5, 5.41) is 6.36. The Hall–Kier alpha value is -3.30. The summed E-state index contributed by atoms with van der Waals surface area (Å²) in [6.45, 7) is 0.374. The predicted molar refractivity (Wildman–Crippen MR) is 92.2 cm³/mol. The summed E-state index contributed by atoms with van der Waals surface area (Å²) < 4.78 is 79.3. The van der Waals surface area contributed by atoms with Gasteiger partial charge in [0.2, 0.25) is 0 Å². The van der Waals surface area contributed by atoms with E-state index in [2.05, 4.69) is 10.4 Å². The van der Waals surface area contributed by atoms with Crippen LogP contribution in [0.4, 0.5) is 32.0 Å². The van der Waals surface area contributed by atoms with Crippen molar-refractivity contribution in [2.24, 2.45) is 0 Å². The zero-order valence-corrected chi connectivity index (χ0v) is 14.6. The third kappa shape index (κ3) is 5.15. The molecule has 3 aromatic rings. The minimum absolute atomic E-state index is 0.0263. The van der Waals surface area contributed by atoms with Gasteiger partial charge in [-0.2, -0.15) is 31.4 Å². The summed E-state index contributed by atoms with van der Waals surface area (Å²) in [5.41, 5.74) is -2.89. The minimum Gasteiger partial charge on any atom is -0.322 e. The van der Waals surface area contributed by atoms with Gasteiger partial charge in [0, 0.05) is 23.6 Å². The second kappa shape index (κ2) is 7.61. The number of carbonyl (C=O) groups is 1. The van der Waals surface area contributed by atoms with Gasteiger partial charge in [-0.05, 0) is 42.0 Å². The van der Waals surface area contributed by atoms with E-state index in [1.807, 2.05) is 0 Å². The Bertz CT molecular complexity index is 977. The maximum absolute atomic E-state index is 13.0. The average molecular weight is 413 g/mol. The smallest absolute Gasteiger partial charge is 0.322 e. The number of aromatic nitrogens is 2. The van der Waals surface area contributed by atoms with Crippen molar-refractivity contribution in [2.75, 3.05) is 5.32 Å². The quantitative estimate of drug-likeness (QED) is 0.596. The Balaban J connectivity index is 1.87. The Kier molecular flexibility index (Phi) is 5.36. The molecule has 0 fully saturated rings. The number of alkyl halides is 6. The Labute approximate surface area is 160 Å². The molecule has 29 heavy (non-hydrogen) atoms. The minimum atomic E-state index is -5.03. The number of hydrogen-bond donors (Lipinski definition) is 1. The molecule has 1 heterocycles. The van der Waals surface area contributed by atoms with Crippen LogP contribution in [0.5, 0.6) is 0 Å². The van der Waals surface area contributed by atoms with Gasteiger partial charge < -0.3 is 5.32 Å². The van der Waals surface area contributed by atoms with Crippen molar-refractivity contribution in [3.8, 4) is 0 Å². The highest BCUT2D eigenvalue weighted by Crippen LogP contribution is 2.36. The van der Waals surface area contributed by atoms with Crippen molar-refractivity contribution in [3.63, 3.8) is 0 Å². The highest BCUT2D eigenvalue weighted by molar-refractivity contribution is 6.04. The van der Waals surface area contributed by atoms with E-state index in [0.717, 1.165) is 5.56 Å². The molecule has 1 N–H and O–H groups in total. The molecular formula is C19H13F6N3O. The first-order chi connectivity index (χ1) is 13.5. The first-order valence-electron chi connectivity index (χ1n) is 8.19. The van der Waals surface area contributed by atoms with Crippen LogP contribution < -0.4 is 5.32 Å². The van der Waals surface area contributed by atoms with Gasteiger partial charge in [-0.25, -0.2) is 0 Å². The van der Waals surface area contributed by atoms with Crippen LogP contribution in [0.2, 0.25) is 0 Å². The largest absolute Gasteiger partial charge is 0.416 e. The van der Waals surface area contributed by atoms with Crippen LogP contribution in [-0.2, 0) is 18.9 Å². The Morgan fingerprint density at radius 3 is 2.14 bits per heavy atom. The number of halogens is 6. The van der Waals surface area contributed by atoms with Gasteiger partial charge in [0.05, 0.1) is 17.7 Å². The number of benzene rings is 2. The van der Waals surface area contributed by atoms with Crippen LogP contribution in [0.1, 0.15) is 27.0 Å². The topological polar surface area (TPSA) is 46.9 Å². The first-order valence-corrected chi connectivity index (χ1v) is 8.19. The standard InChI is InChI=1S/C19H13F6N3O/c20-18(21,22)14-8-13(9-15(10-14)19(23,24)25)17(29)27-16-4-1-3-12(7-16)11-28-6-2-5-26-28/h1-10H,11H2,(H,27,29). The lowest BCUT2D eigenvalue weighted by Crippen LogP contribution is -2.17. The summed E-state index contributed by atoms with van der Waals surface area (Å²) in [6.07, 6.45) is -6.76. The number of anilines is 1. The molecule has 1 amide bonds. The Morgan fingerprint density at radius 2 is 1.59 bits per heavy atom. The number of amides is 1. The molecule has 0 aliphatic heterocycles. The van der Waals surface area contributed by atoms with E-state index in [1.165, 1.54) is 6.07 Å². The van der Waals surface area contributed by atoms with E-state index in [9.17, 15) is 31.1 Å². The highest BCUT2D eigenvalue weighted by atomic mass is 19.4. The molecule has 0 spiro atoms. The second-order valence-electron chi connectivity index (χ2n) is 6.15. The molecule has 0 saturated carbocycles. The SMILES string of the molecule is O=C(Nc1cccc(Cn2cccn2)c1)c1cc(C(F)(F)F)cc(C(F)(F)F)c1. The number of rotatable bonds is 4. The van der Waals surface area contributed by atoms with Crippen molar-refractivity contribution in [2.45, 2.75) is 18.9 Å². The van der Waals surface area contributed by atoms with Gasteiger partial charge in [-0.15, -0.1) is 0 Å². The molecule has 0 saturated heterocycles. The summed E-state index contributed by atoms with van der Waals surface area (Å²) in [4.78, 5) is 12.3. The summed E-state index contributed by atoms with van der Waals surface area (Å²) in [5.74, 6) is -1.09. The normalized spacial score (nSPS) is 12.1. The molecule has 4 nitrogen and oxygen atoms in total. The van der Waals surface area contributed by atoms with Crippen molar-refractivity contribution in [3.05, 3.63) is 83.2 Å². The van der Waals surface area contributed by atoms with Crippen molar-refractivity contribution in [1.29, 1.82) is 0 Å². The molecule has 0 aliphatic carbocycles. The predicted octanol–water partition coefficient (Wildman–Crippen LogP) is 5.22. The molecular weight excluding hydrogens is 400 g/mol. The van der Waals surface area contributed by atoms with E-state index in [1.54, 1.807) is 41.3 Å². The van der Waals surface area contributed by atoms with Gasteiger partial charge in [-0.3, -0.25) is 9.48 Å². The lowest BCUT2D eigenvalue weighted by atomic mass is 10.0. The maximum Gasteiger partial charge on any atom is 0.416 e. The van der Waals surface area contributed by atoms with E-state index in [0.29, 0.717) is 18.7 Å². The number of nitrogens with one attached hydrogen (secondary N) is 1. The van der Waals surface area contributed by atoms with E-state index in [4.69, 9.17) is 0 Å². The molecule has 10 heteroatoms. The van der Waals surface area contributed by atoms with Crippen molar-refractivity contribution < 1.29 is 31.1 Å². The van der Waals surface area contributed by atoms with E-state index < -0.39 is 35.0 Å². The maximum atomic E-state index is 13.0. The molecule has 152 valence electrons. The zero-order valence-electron chi connectivity index (χ0n) is 14.6. The molecule has 1 aromatic heterocycles. The van der Waals surface area contributed by atoms with Crippen LogP contribution in [0.15, 0.2) is 60.9 Å². The van der Waals surface area contributed by atoms with Crippen LogP contribution >= 0.6 is 0 Å². The first kappa shape index (κ1) is 20.4. The molecule has 2 aromatic carbocycles. The monoisotopic (exact) mass is 413 g/mol. The molecule has 0 bridgehead atoms. The fourth-order valence-corrected chi connectivity index (χ4v) is 2.62. The van der Waals surface area contributed by atoms with Crippen molar-refractivity contribution in [1.82, 2.24) is 9.78 Å². The third-order valence-electron chi connectivity index (χ3n) is 3.94. The van der Waals surface area contributed by atoms with Gasteiger partial charge in [0.1, 0.15) is 0 Å². The summed E-state index contributed by atoms with van der Waals surface area (Å²) in [7, 11) is 0. The Morgan fingerprint density at radius 1 is 0.931 bits per heavy atom. The zero-order chi connectivity index (χ0) is 21.2. The van der Waals surface area contributed by atoms with Crippen LogP contribution in [0.25, 0.3) is 0 Å². The lowest BCUT2D eigenvalue weighted by molar-refractivity contribution is -0.143. The second-order valence-corrected chi connectivity index (χ2v) is 6.15. The fraction of sp³-hybridized carbons (Fsp3) is 0.158. The average Bonchev–Trinajstić information content (AvgIpc) is 3.13. The third-order valence-corrected chi connectivity index (χ3v) is 3.94. The van der Waals surface area contributed by atoms with E-state index >= 15 is 0 Å². The van der Waals surface area contributed by atoms with E-state index in [-0.39, 0.29) is 11.8 Å². The number of nitrogens with zero attached hydrogens (tertiary/aromatic N) is 2. The lowest BCUT2D eigenvalue weighted by Gasteiger charge is -2.14. The van der Waals surface area contributed by atoms with Gasteiger partial charge in [-0.1, -0.05) is 12.1 Å². The van der Waals surface area contributed by atoms with Crippen LogP contribution in [0.3, 0.4) is 0 Å². The van der Waals surface area contributed by atoms with Gasteiger partial charge in [0.25, 0.3) is 5.91 Å². The van der Waals surface area contributed by atoms with Crippen molar-refractivity contribution >= 4 is 11.6 Å². The molecule has 0 aliphatic rings. The highest BCUT2D eigenvalue weighted by Gasteiger charge is 2.37. The fourth-order valence-electron chi connectivity index (χ4n) is 2.62. The molecule has 3 rings (SSSR count). The van der Waals surface area contributed by atoms with Gasteiger partial charge in [0.15, 0.2) is 0 Å². The number of hydrogen-bond acceptors (Lipinski definition) is 2. The molecule has 0 radical (unpaired) electrons. The van der Waals surface area contributed by atoms with Crippen LogP contribution in [-0.4, -0.2) is 15.7 Å².